The maximum Gasteiger partial charge on any atom is 0.302 e. The molecule has 4 rings (SSSR count). The van der Waals surface area contributed by atoms with E-state index in [2.05, 4.69) is 13.8 Å². The van der Waals surface area contributed by atoms with Gasteiger partial charge in [-0.3, -0.25) is 9.59 Å². The highest BCUT2D eigenvalue weighted by Gasteiger charge is 2.68. The average molecular weight is 350 g/mol. The first-order valence-corrected chi connectivity index (χ1v) is 10.1. The molecule has 0 N–H and O–H groups in total. The quantitative estimate of drug-likeness (QED) is 0.648. The number of ether oxygens (including phenoxy) is 1. The number of ketones is 1. The largest absolute Gasteiger partial charge is 0.463 e. The zero-order valence-corrected chi connectivity index (χ0v) is 15.8. The van der Waals surface area contributed by atoms with Gasteiger partial charge in [0.2, 0.25) is 0 Å². The van der Waals surface area contributed by atoms with E-state index >= 15 is 4.39 Å². The summed E-state index contributed by atoms with van der Waals surface area (Å²) in [5, 5.41) is 0. The molecule has 7 atom stereocenters. The summed E-state index contributed by atoms with van der Waals surface area (Å²) in [5.41, 5.74) is -1.77. The molecule has 0 bridgehead atoms. The minimum Gasteiger partial charge on any atom is -0.463 e. The number of hydrogen-bond donors (Lipinski definition) is 0. The molecule has 0 aromatic carbocycles. The van der Waals surface area contributed by atoms with E-state index in [0.717, 1.165) is 38.5 Å². The third-order valence-corrected chi connectivity index (χ3v) is 8.76. The molecule has 4 aliphatic carbocycles. The van der Waals surface area contributed by atoms with Crippen LogP contribution in [0.1, 0.15) is 78.6 Å². The van der Waals surface area contributed by atoms with Gasteiger partial charge in [0.05, 0.1) is 0 Å². The van der Waals surface area contributed by atoms with Gasteiger partial charge in [-0.25, -0.2) is 4.39 Å². The summed E-state index contributed by atoms with van der Waals surface area (Å²) in [4.78, 5) is 23.8. The molecule has 0 aromatic rings. The van der Waals surface area contributed by atoms with E-state index in [1.54, 1.807) is 0 Å². The molecule has 140 valence electrons. The van der Waals surface area contributed by atoms with Crippen molar-refractivity contribution in [3.63, 3.8) is 0 Å². The van der Waals surface area contributed by atoms with E-state index in [0.29, 0.717) is 25.0 Å². The predicted octanol–water partition coefficient (Wildman–Crippen LogP) is 4.62. The van der Waals surface area contributed by atoms with Gasteiger partial charge in [0, 0.05) is 24.2 Å². The summed E-state index contributed by atoms with van der Waals surface area (Å²) in [7, 11) is 0. The van der Waals surface area contributed by atoms with Gasteiger partial charge < -0.3 is 4.74 Å². The molecule has 3 nitrogen and oxygen atoms in total. The Hall–Kier alpha value is -0.930. The lowest BCUT2D eigenvalue weighted by molar-refractivity contribution is -0.202. The molecule has 4 saturated carbocycles. The van der Waals surface area contributed by atoms with Gasteiger partial charge in [0.25, 0.3) is 0 Å². The van der Waals surface area contributed by atoms with Crippen LogP contribution >= 0.6 is 0 Å². The van der Waals surface area contributed by atoms with Crippen molar-refractivity contribution in [2.24, 2.45) is 28.6 Å². The second-order valence-electron chi connectivity index (χ2n) is 9.65. The molecule has 0 radical (unpaired) electrons. The first-order valence-electron chi connectivity index (χ1n) is 10.1. The van der Waals surface area contributed by atoms with E-state index in [1.165, 1.54) is 6.92 Å². The number of esters is 1. The average Bonchev–Trinajstić information content (AvgIpc) is 2.84. The summed E-state index contributed by atoms with van der Waals surface area (Å²) in [6, 6.07) is 0. The van der Waals surface area contributed by atoms with Crippen LogP contribution in [-0.2, 0) is 14.3 Å². The zero-order chi connectivity index (χ0) is 18.0. The Labute approximate surface area is 150 Å². The number of hydrogen-bond acceptors (Lipinski definition) is 3. The fourth-order valence-electron chi connectivity index (χ4n) is 7.22. The SMILES string of the molecule is CC(=O)O[C@H]1CC[C@@]2(C)C(CC[C@H]3[C@@H]4CCC(=O)[C@@]4(C)CC[C@@]32F)C1. The predicted molar refractivity (Wildman–Crippen MR) is 92.6 cm³/mol. The van der Waals surface area contributed by atoms with Gasteiger partial charge in [0.1, 0.15) is 17.6 Å². The van der Waals surface area contributed by atoms with Crippen molar-refractivity contribution in [3.05, 3.63) is 0 Å². The van der Waals surface area contributed by atoms with E-state index in [-0.39, 0.29) is 40.7 Å². The number of alkyl halides is 1. The molecule has 0 saturated heterocycles. The van der Waals surface area contributed by atoms with Crippen molar-refractivity contribution >= 4 is 11.8 Å². The Morgan fingerprint density at radius 2 is 1.84 bits per heavy atom. The Morgan fingerprint density at radius 3 is 2.56 bits per heavy atom. The molecule has 4 fully saturated rings. The molecule has 0 aromatic heterocycles. The van der Waals surface area contributed by atoms with E-state index in [1.807, 2.05) is 0 Å². The van der Waals surface area contributed by atoms with Crippen LogP contribution in [0.5, 0.6) is 0 Å². The highest BCUT2D eigenvalue weighted by Crippen LogP contribution is 2.68. The van der Waals surface area contributed by atoms with E-state index in [4.69, 9.17) is 4.74 Å². The highest BCUT2D eigenvalue weighted by molar-refractivity contribution is 5.87. The van der Waals surface area contributed by atoms with Crippen molar-refractivity contribution in [1.82, 2.24) is 0 Å². The van der Waals surface area contributed by atoms with Gasteiger partial charge in [-0.15, -0.1) is 0 Å². The van der Waals surface area contributed by atoms with Crippen LogP contribution < -0.4 is 0 Å². The first-order chi connectivity index (χ1) is 11.7. The summed E-state index contributed by atoms with van der Waals surface area (Å²) in [6.45, 7) is 5.70. The van der Waals surface area contributed by atoms with E-state index in [9.17, 15) is 9.59 Å². The Bertz CT molecular complexity index is 604. The van der Waals surface area contributed by atoms with Crippen LogP contribution in [0.2, 0.25) is 0 Å². The summed E-state index contributed by atoms with van der Waals surface area (Å²) < 4.78 is 22.1. The van der Waals surface area contributed by atoms with Gasteiger partial charge >= 0.3 is 5.97 Å². The third-order valence-electron chi connectivity index (χ3n) is 8.76. The van der Waals surface area contributed by atoms with Gasteiger partial charge in [0.15, 0.2) is 0 Å². The van der Waals surface area contributed by atoms with Gasteiger partial charge in [-0.1, -0.05) is 13.8 Å². The molecule has 25 heavy (non-hydrogen) atoms. The van der Waals surface area contributed by atoms with Gasteiger partial charge in [-0.05, 0) is 69.1 Å². The lowest BCUT2D eigenvalue weighted by atomic mass is 9.43. The summed E-state index contributed by atoms with van der Waals surface area (Å²) >= 11 is 0. The fraction of sp³-hybridized carbons (Fsp3) is 0.905. The number of halogens is 1. The highest BCUT2D eigenvalue weighted by atomic mass is 19.1. The topological polar surface area (TPSA) is 43.4 Å². The number of carbonyl (C=O) groups excluding carboxylic acids is 2. The number of Topliss-reactive ketones (excluding diaryl/α,β-unsaturated/α-hetero) is 1. The Kier molecular flexibility index (Phi) is 3.87. The zero-order valence-electron chi connectivity index (χ0n) is 15.8. The molecule has 0 aliphatic heterocycles. The molecule has 0 spiro atoms. The van der Waals surface area contributed by atoms with Crippen molar-refractivity contribution < 1.29 is 18.7 Å². The molecule has 1 unspecified atom stereocenters. The second-order valence-corrected chi connectivity index (χ2v) is 9.65. The lowest BCUT2D eigenvalue weighted by Gasteiger charge is -2.63. The summed E-state index contributed by atoms with van der Waals surface area (Å²) in [6.07, 6.45) is 6.97. The van der Waals surface area contributed by atoms with Crippen LogP contribution in [-0.4, -0.2) is 23.5 Å². The van der Waals surface area contributed by atoms with Crippen LogP contribution in [0.15, 0.2) is 0 Å². The van der Waals surface area contributed by atoms with Crippen molar-refractivity contribution in [2.45, 2.75) is 90.3 Å². The smallest absolute Gasteiger partial charge is 0.302 e. The van der Waals surface area contributed by atoms with Crippen molar-refractivity contribution in [1.29, 1.82) is 0 Å². The Balaban J connectivity index is 1.61. The Morgan fingerprint density at radius 1 is 1.08 bits per heavy atom. The molecule has 4 aliphatic rings. The van der Waals surface area contributed by atoms with Gasteiger partial charge in [-0.2, -0.15) is 0 Å². The molecule has 4 heteroatoms. The monoisotopic (exact) mass is 350 g/mol. The minimum atomic E-state index is -1.16. The third kappa shape index (κ3) is 2.28. The maximum absolute atomic E-state index is 16.6. The first kappa shape index (κ1) is 17.5. The van der Waals surface area contributed by atoms with Crippen LogP contribution in [0, 0.1) is 28.6 Å². The standard InChI is InChI=1S/C21H31FO3/c1-13(23)25-15-8-9-20(3)14(12-15)4-5-17-16-6-7-18(24)19(16,2)10-11-21(17,20)22/h14-17H,4-12H2,1-3H3/t14?,15-,16-,17-,19-,20-,21+/m0/s1. The van der Waals surface area contributed by atoms with Crippen LogP contribution in [0.25, 0.3) is 0 Å². The second kappa shape index (κ2) is 5.53. The molecule has 0 heterocycles. The van der Waals surface area contributed by atoms with Crippen LogP contribution in [0.3, 0.4) is 0 Å². The number of carbonyl (C=O) groups is 2. The maximum atomic E-state index is 16.6. The lowest BCUT2D eigenvalue weighted by Crippen LogP contribution is -2.63. The van der Waals surface area contributed by atoms with Crippen LogP contribution in [0.4, 0.5) is 4.39 Å². The molecule has 0 amide bonds. The summed E-state index contributed by atoms with van der Waals surface area (Å²) in [5.74, 6) is 0.681. The van der Waals surface area contributed by atoms with Crippen molar-refractivity contribution in [3.8, 4) is 0 Å². The number of rotatable bonds is 1. The molecular weight excluding hydrogens is 319 g/mol. The minimum absolute atomic E-state index is 0.0317. The van der Waals surface area contributed by atoms with E-state index < -0.39 is 5.67 Å². The molecular formula is C21H31FO3. The normalized spacial score (nSPS) is 52.1. The van der Waals surface area contributed by atoms with Crippen molar-refractivity contribution in [2.75, 3.05) is 0 Å². The number of fused-ring (bicyclic) bond motifs is 5. The fourth-order valence-corrected chi connectivity index (χ4v) is 7.22.